The Morgan fingerprint density at radius 1 is 1.04 bits per heavy atom. The number of hydrogen-bond donors (Lipinski definition) is 1. The van der Waals surface area contributed by atoms with Crippen molar-refractivity contribution in [1.82, 2.24) is 5.32 Å². The molecule has 0 aromatic heterocycles. The molecule has 0 aliphatic heterocycles. The minimum Gasteiger partial charge on any atom is -0.444 e. The Balaban J connectivity index is 1.94. The Kier molecular flexibility index (Phi) is 5.85. The molecule has 0 unspecified atom stereocenters. The summed E-state index contributed by atoms with van der Waals surface area (Å²) in [6.07, 6.45) is -0.398. The maximum absolute atomic E-state index is 11.7. The molecular formula is C20H26N2O2. The predicted octanol–water partition coefficient (Wildman–Crippen LogP) is 4.35. The van der Waals surface area contributed by atoms with E-state index < -0.39 is 11.7 Å². The van der Waals surface area contributed by atoms with Gasteiger partial charge in [-0.2, -0.15) is 0 Å². The molecule has 0 fully saturated rings. The van der Waals surface area contributed by atoms with E-state index in [0.717, 1.165) is 17.8 Å². The molecule has 2 rings (SSSR count). The average molecular weight is 326 g/mol. The van der Waals surface area contributed by atoms with Crippen LogP contribution in [0.15, 0.2) is 54.6 Å². The van der Waals surface area contributed by atoms with Crippen LogP contribution in [0, 0.1) is 0 Å². The van der Waals surface area contributed by atoms with Crippen molar-refractivity contribution in [1.29, 1.82) is 0 Å². The van der Waals surface area contributed by atoms with E-state index in [2.05, 4.69) is 41.5 Å². The molecule has 2 aromatic carbocycles. The number of benzene rings is 2. The van der Waals surface area contributed by atoms with Gasteiger partial charge in [-0.1, -0.05) is 42.5 Å². The maximum atomic E-state index is 11.7. The largest absolute Gasteiger partial charge is 0.444 e. The molecule has 2 aromatic rings. The smallest absolute Gasteiger partial charge is 0.407 e. The standard InChI is InChI=1S/C20H26N2O2/c1-20(2,3)24-19(23)21-14-17-11-8-12-18(13-17)22(4)15-16-9-6-5-7-10-16/h5-13H,14-15H2,1-4H3,(H,21,23). The van der Waals surface area contributed by atoms with E-state index in [0.29, 0.717) is 6.54 Å². The van der Waals surface area contributed by atoms with E-state index in [9.17, 15) is 4.79 Å². The number of carbonyl (C=O) groups excluding carboxylic acids is 1. The first-order valence-corrected chi connectivity index (χ1v) is 8.14. The number of nitrogens with zero attached hydrogens (tertiary/aromatic N) is 1. The van der Waals surface area contributed by atoms with Gasteiger partial charge in [0.15, 0.2) is 0 Å². The van der Waals surface area contributed by atoms with Crippen molar-refractivity contribution >= 4 is 11.8 Å². The minimum atomic E-state index is -0.484. The molecule has 1 amide bonds. The van der Waals surface area contributed by atoms with Crippen LogP contribution in [0.1, 0.15) is 31.9 Å². The molecule has 128 valence electrons. The first-order chi connectivity index (χ1) is 11.3. The van der Waals surface area contributed by atoms with Crippen molar-refractivity contribution in [2.75, 3.05) is 11.9 Å². The van der Waals surface area contributed by atoms with Crippen molar-refractivity contribution in [3.8, 4) is 0 Å². The summed E-state index contributed by atoms with van der Waals surface area (Å²) in [6, 6.07) is 18.5. The zero-order valence-electron chi connectivity index (χ0n) is 14.9. The first kappa shape index (κ1) is 17.9. The second-order valence-electron chi connectivity index (χ2n) is 6.87. The van der Waals surface area contributed by atoms with Crippen molar-refractivity contribution < 1.29 is 9.53 Å². The van der Waals surface area contributed by atoms with Crippen LogP contribution in [-0.4, -0.2) is 18.7 Å². The number of alkyl carbamates (subject to hydrolysis) is 1. The van der Waals surface area contributed by atoms with Gasteiger partial charge >= 0.3 is 6.09 Å². The van der Waals surface area contributed by atoms with Crippen LogP contribution in [0.4, 0.5) is 10.5 Å². The third-order valence-corrected chi connectivity index (χ3v) is 3.45. The van der Waals surface area contributed by atoms with Crippen molar-refractivity contribution in [3.63, 3.8) is 0 Å². The van der Waals surface area contributed by atoms with Crippen molar-refractivity contribution in [3.05, 3.63) is 65.7 Å². The molecule has 1 N–H and O–H groups in total. The fourth-order valence-corrected chi connectivity index (χ4v) is 2.34. The highest BCUT2D eigenvalue weighted by molar-refractivity contribution is 5.67. The van der Waals surface area contributed by atoms with Gasteiger partial charge in [0.2, 0.25) is 0 Å². The van der Waals surface area contributed by atoms with Crippen LogP contribution in [-0.2, 0) is 17.8 Å². The topological polar surface area (TPSA) is 41.6 Å². The summed E-state index contributed by atoms with van der Waals surface area (Å²) in [4.78, 5) is 13.9. The zero-order chi connectivity index (χ0) is 17.6. The summed E-state index contributed by atoms with van der Waals surface area (Å²) >= 11 is 0. The molecule has 0 spiro atoms. The molecular weight excluding hydrogens is 300 g/mol. The van der Waals surface area contributed by atoms with Crippen molar-refractivity contribution in [2.24, 2.45) is 0 Å². The predicted molar refractivity (Wildman–Crippen MR) is 98.1 cm³/mol. The number of anilines is 1. The van der Waals surface area contributed by atoms with Gasteiger partial charge in [0, 0.05) is 25.8 Å². The van der Waals surface area contributed by atoms with Crippen LogP contribution in [0.2, 0.25) is 0 Å². The fraction of sp³-hybridized carbons (Fsp3) is 0.350. The van der Waals surface area contributed by atoms with Gasteiger partial charge in [-0.05, 0) is 44.0 Å². The molecule has 0 bridgehead atoms. The SMILES string of the molecule is CN(Cc1ccccc1)c1cccc(CNC(=O)OC(C)(C)C)c1. The van der Waals surface area contributed by atoms with Crippen LogP contribution in [0.5, 0.6) is 0 Å². The number of ether oxygens (including phenoxy) is 1. The Hall–Kier alpha value is -2.49. The summed E-state index contributed by atoms with van der Waals surface area (Å²) in [7, 11) is 2.06. The Bertz CT molecular complexity index is 663. The van der Waals surface area contributed by atoms with Gasteiger partial charge in [0.05, 0.1) is 0 Å². The molecule has 24 heavy (non-hydrogen) atoms. The minimum absolute atomic E-state index is 0.398. The summed E-state index contributed by atoms with van der Waals surface area (Å²) in [5.74, 6) is 0. The monoisotopic (exact) mass is 326 g/mol. The first-order valence-electron chi connectivity index (χ1n) is 8.14. The quantitative estimate of drug-likeness (QED) is 0.888. The lowest BCUT2D eigenvalue weighted by molar-refractivity contribution is 0.0523. The van der Waals surface area contributed by atoms with Gasteiger partial charge < -0.3 is 15.0 Å². The molecule has 0 aliphatic carbocycles. The van der Waals surface area contributed by atoms with E-state index >= 15 is 0 Å². The van der Waals surface area contributed by atoms with Gasteiger partial charge in [-0.3, -0.25) is 0 Å². The third kappa shape index (κ3) is 5.95. The van der Waals surface area contributed by atoms with E-state index in [1.807, 2.05) is 51.1 Å². The van der Waals surface area contributed by atoms with Crippen LogP contribution >= 0.6 is 0 Å². The number of hydrogen-bond acceptors (Lipinski definition) is 3. The molecule has 0 saturated carbocycles. The fourth-order valence-electron chi connectivity index (χ4n) is 2.34. The summed E-state index contributed by atoms with van der Waals surface area (Å²) in [5.41, 5.74) is 2.93. The number of amides is 1. The summed E-state index contributed by atoms with van der Waals surface area (Å²) < 4.78 is 5.26. The lowest BCUT2D eigenvalue weighted by Crippen LogP contribution is -2.32. The van der Waals surface area contributed by atoms with Crippen molar-refractivity contribution in [2.45, 2.75) is 39.5 Å². The van der Waals surface area contributed by atoms with Gasteiger partial charge in [-0.25, -0.2) is 4.79 Å². The third-order valence-electron chi connectivity index (χ3n) is 3.45. The van der Waals surface area contributed by atoms with E-state index in [4.69, 9.17) is 4.74 Å². The van der Waals surface area contributed by atoms with E-state index in [1.54, 1.807) is 0 Å². The van der Waals surface area contributed by atoms with Crippen LogP contribution in [0.25, 0.3) is 0 Å². The molecule has 4 heteroatoms. The van der Waals surface area contributed by atoms with Gasteiger partial charge in [0.1, 0.15) is 5.60 Å². The summed E-state index contributed by atoms with van der Waals surface area (Å²) in [5, 5.41) is 2.79. The van der Waals surface area contributed by atoms with E-state index in [1.165, 1.54) is 5.56 Å². The number of carbonyl (C=O) groups is 1. The molecule has 0 radical (unpaired) electrons. The zero-order valence-corrected chi connectivity index (χ0v) is 14.9. The Morgan fingerprint density at radius 3 is 2.38 bits per heavy atom. The van der Waals surface area contributed by atoms with Crippen LogP contribution in [0.3, 0.4) is 0 Å². The Morgan fingerprint density at radius 2 is 1.71 bits per heavy atom. The molecule has 0 saturated heterocycles. The number of nitrogens with one attached hydrogen (secondary N) is 1. The highest BCUT2D eigenvalue weighted by atomic mass is 16.6. The molecule has 0 atom stereocenters. The van der Waals surface area contributed by atoms with E-state index in [-0.39, 0.29) is 0 Å². The normalized spacial score (nSPS) is 11.0. The molecule has 0 heterocycles. The lowest BCUT2D eigenvalue weighted by atomic mass is 10.1. The summed E-state index contributed by atoms with van der Waals surface area (Å²) in [6.45, 7) is 6.84. The Labute approximate surface area is 144 Å². The second kappa shape index (κ2) is 7.86. The number of rotatable bonds is 5. The second-order valence-corrected chi connectivity index (χ2v) is 6.87. The highest BCUT2D eigenvalue weighted by Gasteiger charge is 2.15. The maximum Gasteiger partial charge on any atom is 0.407 e. The molecule has 4 nitrogen and oxygen atoms in total. The molecule has 0 aliphatic rings. The average Bonchev–Trinajstić information content (AvgIpc) is 2.52. The van der Waals surface area contributed by atoms with Gasteiger partial charge in [-0.15, -0.1) is 0 Å². The highest BCUT2D eigenvalue weighted by Crippen LogP contribution is 2.17. The lowest BCUT2D eigenvalue weighted by Gasteiger charge is -2.21. The van der Waals surface area contributed by atoms with Crippen LogP contribution < -0.4 is 10.2 Å². The van der Waals surface area contributed by atoms with Gasteiger partial charge in [0.25, 0.3) is 0 Å².